The van der Waals surface area contributed by atoms with Gasteiger partial charge >= 0.3 is 5.69 Å². The number of hydrogen-bond acceptors (Lipinski definition) is 4. The van der Waals surface area contributed by atoms with E-state index in [1.807, 2.05) is 73.8 Å². The van der Waals surface area contributed by atoms with Crippen molar-refractivity contribution in [2.75, 3.05) is 0 Å². The molecule has 6 nitrogen and oxygen atoms in total. The average Bonchev–Trinajstić information content (AvgIpc) is 3.38. The van der Waals surface area contributed by atoms with Crippen LogP contribution in [0.25, 0.3) is 78.6 Å². The Morgan fingerprint density at radius 3 is 1.33 bits per heavy atom. The molecule has 0 N–H and O–H groups in total. The summed E-state index contributed by atoms with van der Waals surface area (Å²) in [4.78, 5) is 27.2. The molecular formula is C42H31N5O. The number of aryl methyl sites for hydroxylation is 2. The van der Waals surface area contributed by atoms with Gasteiger partial charge in [0.25, 0.3) is 0 Å². The second-order valence-electron chi connectivity index (χ2n) is 11.9. The van der Waals surface area contributed by atoms with Gasteiger partial charge in [-0.25, -0.2) is 19.7 Å². The molecule has 0 atom stereocenters. The standard InChI is InChI=1S/C42H31N5O/c1-46-37-25-24-35(27-38(37)47(2)42(46)48)31-18-16-29(17-19-31)30-20-22-33(23-21-30)40-43-39(32-12-7-4-8-13-32)44-41(45-40)36-15-9-14-34(26-36)28-10-5-3-6-11-28/h3-27H,1-2H3. The maximum Gasteiger partial charge on any atom is 0.328 e. The fraction of sp³-hybridized carbons (Fsp3) is 0.0476. The summed E-state index contributed by atoms with van der Waals surface area (Å²) in [6.45, 7) is 0. The Hall–Kier alpha value is -6.40. The van der Waals surface area contributed by atoms with E-state index in [1.54, 1.807) is 16.2 Å². The molecule has 8 aromatic rings. The van der Waals surface area contributed by atoms with Crippen molar-refractivity contribution in [3.63, 3.8) is 0 Å². The van der Waals surface area contributed by atoms with Crippen molar-refractivity contribution in [1.82, 2.24) is 24.1 Å². The Morgan fingerprint density at radius 1 is 0.354 bits per heavy atom. The zero-order valence-corrected chi connectivity index (χ0v) is 26.6. The van der Waals surface area contributed by atoms with Crippen LogP contribution in [-0.4, -0.2) is 24.1 Å². The van der Waals surface area contributed by atoms with Gasteiger partial charge in [0.15, 0.2) is 17.5 Å². The van der Waals surface area contributed by atoms with Crippen LogP contribution in [0.2, 0.25) is 0 Å². The van der Waals surface area contributed by atoms with Crippen molar-refractivity contribution in [3.8, 4) is 67.5 Å². The predicted octanol–water partition coefficient (Wildman–Crippen LogP) is 9.06. The number of aromatic nitrogens is 5. The highest BCUT2D eigenvalue weighted by molar-refractivity contribution is 5.83. The first-order valence-electron chi connectivity index (χ1n) is 15.9. The number of fused-ring (bicyclic) bond motifs is 1. The third-order valence-electron chi connectivity index (χ3n) is 8.86. The molecule has 48 heavy (non-hydrogen) atoms. The van der Waals surface area contributed by atoms with Gasteiger partial charge in [-0.2, -0.15) is 0 Å². The normalized spacial score (nSPS) is 11.2. The number of rotatable bonds is 6. The quantitative estimate of drug-likeness (QED) is 0.186. The van der Waals surface area contributed by atoms with E-state index in [4.69, 9.17) is 15.0 Å². The van der Waals surface area contributed by atoms with Crippen molar-refractivity contribution in [3.05, 3.63) is 162 Å². The zero-order valence-electron chi connectivity index (χ0n) is 26.6. The molecule has 230 valence electrons. The number of nitrogens with zero attached hydrogens (tertiary/aromatic N) is 5. The molecule has 8 rings (SSSR count). The van der Waals surface area contributed by atoms with Gasteiger partial charge < -0.3 is 0 Å². The Kier molecular flexibility index (Phi) is 7.31. The summed E-state index contributed by atoms with van der Waals surface area (Å²) in [7, 11) is 3.61. The second-order valence-corrected chi connectivity index (χ2v) is 11.9. The van der Waals surface area contributed by atoms with Gasteiger partial charge in [0.05, 0.1) is 11.0 Å². The summed E-state index contributed by atoms with van der Waals surface area (Å²) in [6, 6.07) is 51.7. The lowest BCUT2D eigenvalue weighted by Gasteiger charge is -2.10. The third kappa shape index (κ3) is 5.39. The van der Waals surface area contributed by atoms with Gasteiger partial charge in [-0.15, -0.1) is 0 Å². The SMILES string of the molecule is Cn1c(=O)n(C)c2cc(-c3ccc(-c4ccc(-c5nc(-c6ccccc6)nc(-c6cccc(-c7ccccc7)c6)n5)cc4)cc3)ccc21. The maximum absolute atomic E-state index is 12.4. The van der Waals surface area contributed by atoms with Crippen LogP contribution in [0.15, 0.2) is 156 Å². The molecule has 0 saturated carbocycles. The molecule has 0 aliphatic carbocycles. The lowest BCUT2D eigenvalue weighted by atomic mass is 9.99. The summed E-state index contributed by atoms with van der Waals surface area (Å²) < 4.78 is 3.37. The van der Waals surface area contributed by atoms with Crippen LogP contribution in [-0.2, 0) is 14.1 Å². The minimum Gasteiger partial charge on any atom is -0.295 e. The minimum absolute atomic E-state index is 0.0251. The average molecular weight is 622 g/mol. The number of imidazole rings is 1. The second kappa shape index (κ2) is 12.1. The molecule has 0 fully saturated rings. The van der Waals surface area contributed by atoms with Gasteiger partial charge in [0, 0.05) is 30.8 Å². The Bertz CT molecular complexity index is 2460. The fourth-order valence-electron chi connectivity index (χ4n) is 6.17. The van der Waals surface area contributed by atoms with Gasteiger partial charge in [-0.05, 0) is 51.6 Å². The molecule has 2 aromatic heterocycles. The first-order valence-corrected chi connectivity index (χ1v) is 15.9. The van der Waals surface area contributed by atoms with Crippen LogP contribution in [0.5, 0.6) is 0 Å². The number of benzene rings is 6. The minimum atomic E-state index is -0.0251. The monoisotopic (exact) mass is 621 g/mol. The zero-order chi connectivity index (χ0) is 32.6. The van der Waals surface area contributed by atoms with E-state index in [0.29, 0.717) is 17.5 Å². The molecule has 0 saturated heterocycles. The fourth-order valence-corrected chi connectivity index (χ4v) is 6.17. The first-order chi connectivity index (χ1) is 23.5. The molecule has 0 bridgehead atoms. The van der Waals surface area contributed by atoms with Gasteiger partial charge in [-0.3, -0.25) is 9.13 Å². The molecule has 6 aromatic carbocycles. The maximum atomic E-state index is 12.4. The third-order valence-corrected chi connectivity index (χ3v) is 8.86. The molecular weight excluding hydrogens is 590 g/mol. The summed E-state index contributed by atoms with van der Waals surface area (Å²) in [5.74, 6) is 1.88. The summed E-state index contributed by atoms with van der Waals surface area (Å²) in [5, 5.41) is 0. The first kappa shape index (κ1) is 29.0. The largest absolute Gasteiger partial charge is 0.328 e. The van der Waals surface area contributed by atoms with E-state index in [9.17, 15) is 4.79 Å². The predicted molar refractivity (Wildman–Crippen MR) is 194 cm³/mol. The van der Waals surface area contributed by atoms with Crippen molar-refractivity contribution in [2.45, 2.75) is 0 Å². The van der Waals surface area contributed by atoms with Gasteiger partial charge in [-0.1, -0.05) is 133 Å². The molecule has 2 heterocycles. The lowest BCUT2D eigenvalue weighted by molar-refractivity contribution is 0.795. The van der Waals surface area contributed by atoms with Crippen LogP contribution in [0, 0.1) is 0 Å². The van der Waals surface area contributed by atoms with Crippen LogP contribution < -0.4 is 5.69 Å². The van der Waals surface area contributed by atoms with E-state index < -0.39 is 0 Å². The van der Waals surface area contributed by atoms with Crippen molar-refractivity contribution in [1.29, 1.82) is 0 Å². The Morgan fingerprint density at radius 2 is 0.729 bits per heavy atom. The topological polar surface area (TPSA) is 65.6 Å². The Labute approximate surface area is 278 Å². The molecule has 0 amide bonds. The molecule has 0 spiro atoms. The van der Waals surface area contributed by atoms with Crippen molar-refractivity contribution in [2.24, 2.45) is 14.1 Å². The van der Waals surface area contributed by atoms with E-state index >= 15 is 0 Å². The molecule has 0 radical (unpaired) electrons. The van der Waals surface area contributed by atoms with E-state index in [-0.39, 0.29) is 5.69 Å². The van der Waals surface area contributed by atoms with Crippen LogP contribution in [0.4, 0.5) is 0 Å². The smallest absolute Gasteiger partial charge is 0.295 e. The molecule has 0 aliphatic heterocycles. The lowest BCUT2D eigenvalue weighted by Crippen LogP contribution is -2.19. The summed E-state index contributed by atoms with van der Waals surface area (Å²) >= 11 is 0. The van der Waals surface area contributed by atoms with Crippen molar-refractivity contribution < 1.29 is 0 Å². The van der Waals surface area contributed by atoms with Gasteiger partial charge in [0.2, 0.25) is 0 Å². The number of hydrogen-bond donors (Lipinski definition) is 0. The van der Waals surface area contributed by atoms with Gasteiger partial charge in [0.1, 0.15) is 0 Å². The van der Waals surface area contributed by atoms with E-state index in [2.05, 4.69) is 84.9 Å². The summed E-state index contributed by atoms with van der Waals surface area (Å²) in [6.07, 6.45) is 0. The van der Waals surface area contributed by atoms with Crippen LogP contribution in [0.1, 0.15) is 0 Å². The highest BCUT2D eigenvalue weighted by Gasteiger charge is 2.14. The van der Waals surface area contributed by atoms with Crippen molar-refractivity contribution >= 4 is 11.0 Å². The highest BCUT2D eigenvalue weighted by atomic mass is 16.1. The molecule has 0 unspecified atom stereocenters. The van der Waals surface area contributed by atoms with Crippen LogP contribution >= 0.6 is 0 Å². The molecule has 6 heteroatoms. The van der Waals surface area contributed by atoms with Crippen LogP contribution in [0.3, 0.4) is 0 Å². The summed E-state index contributed by atoms with van der Waals surface area (Å²) in [5.41, 5.74) is 11.2. The highest BCUT2D eigenvalue weighted by Crippen LogP contribution is 2.31. The Balaban J connectivity index is 1.12. The van der Waals surface area contributed by atoms with E-state index in [0.717, 1.165) is 61.1 Å². The molecule has 0 aliphatic rings. The van der Waals surface area contributed by atoms with E-state index in [1.165, 1.54) is 0 Å².